The molecule has 0 bridgehead atoms. The minimum atomic E-state index is -4.89. The summed E-state index contributed by atoms with van der Waals surface area (Å²) in [6.07, 6.45) is 20.2. The lowest BCUT2D eigenvalue weighted by Gasteiger charge is -2.30. The molecule has 7 nitrogen and oxygen atoms in total. The zero-order valence-electron chi connectivity index (χ0n) is 22.7. The van der Waals surface area contributed by atoms with E-state index in [2.05, 4.69) is 51.4 Å². The summed E-state index contributed by atoms with van der Waals surface area (Å²) in [6, 6.07) is 10.9. The number of aliphatic hydroxyl groups is 1. The first-order valence-corrected chi connectivity index (χ1v) is 15.0. The van der Waals surface area contributed by atoms with Crippen molar-refractivity contribution in [2.75, 3.05) is 33.8 Å². The minimum absolute atomic E-state index is 0.0972. The second-order valence-electron chi connectivity index (χ2n) is 9.90. The lowest BCUT2D eigenvalue weighted by Crippen LogP contribution is -2.39. The van der Waals surface area contributed by atoms with E-state index in [1.54, 1.807) is 0 Å². The number of benzene rings is 1. The number of nitrogens with two attached hydrogens (primary N) is 1. The third-order valence-corrected chi connectivity index (χ3v) is 5.70. The van der Waals surface area contributed by atoms with E-state index < -0.39 is 7.82 Å². The van der Waals surface area contributed by atoms with Crippen LogP contribution in [0.3, 0.4) is 0 Å². The van der Waals surface area contributed by atoms with Crippen LogP contribution in [0, 0.1) is 0 Å². The summed E-state index contributed by atoms with van der Waals surface area (Å²) in [5.41, 5.74) is 6.24. The van der Waals surface area contributed by atoms with E-state index in [0.29, 0.717) is 6.54 Å². The third-order valence-electron chi connectivity index (χ3n) is 5.70. The highest BCUT2D eigenvalue weighted by Gasteiger charge is 2.14. The maximum absolute atomic E-state index is 8.77. The van der Waals surface area contributed by atoms with Gasteiger partial charge in [-0.3, -0.25) is 4.57 Å². The number of hydrogen-bond acceptors (Lipinski definition) is 4. The SMILES string of the molecule is CCCCCCCCCCCCCCCC[N+](C)(C)Cc1ccccc1.NCCO.O=P([O-])(O)O. The summed E-state index contributed by atoms with van der Waals surface area (Å²) < 4.78 is 9.88. The van der Waals surface area contributed by atoms with E-state index in [9.17, 15) is 0 Å². The molecule has 1 aromatic rings. The Bertz CT molecular complexity index is 586. The first kappa shape index (κ1) is 36.4. The lowest BCUT2D eigenvalue weighted by atomic mass is 10.0. The molecule has 5 N–H and O–H groups in total. The van der Waals surface area contributed by atoms with E-state index in [1.807, 2.05) is 0 Å². The van der Waals surface area contributed by atoms with Crippen LogP contribution in [-0.4, -0.2) is 53.2 Å². The number of rotatable bonds is 18. The highest BCUT2D eigenvalue weighted by Crippen LogP contribution is 2.19. The summed E-state index contributed by atoms with van der Waals surface area (Å²) in [6.45, 7) is 5.22. The van der Waals surface area contributed by atoms with Crippen molar-refractivity contribution in [2.45, 2.75) is 103 Å². The molecule has 0 unspecified atom stereocenters. The Hall–Kier alpha value is -0.790. The number of nitrogens with zero attached hydrogens (tertiary/aromatic N) is 1. The van der Waals surface area contributed by atoms with Crippen LogP contribution >= 0.6 is 7.82 Å². The number of quaternary nitrogens is 1. The van der Waals surface area contributed by atoms with Gasteiger partial charge < -0.3 is 30.0 Å². The van der Waals surface area contributed by atoms with Gasteiger partial charge >= 0.3 is 0 Å². The molecule has 0 spiro atoms. The van der Waals surface area contributed by atoms with Gasteiger partial charge in [0, 0.05) is 12.1 Å². The quantitative estimate of drug-likeness (QED) is 0.121. The second kappa shape index (κ2) is 24.9. The molecule has 35 heavy (non-hydrogen) atoms. The summed E-state index contributed by atoms with van der Waals surface area (Å²) in [4.78, 5) is 22.9. The molecule has 0 fully saturated rings. The lowest BCUT2D eigenvalue weighted by molar-refractivity contribution is -0.903. The standard InChI is InChI=1S/C25H46N.C2H7NO.H3O4P/c1-4-5-6-7-8-9-10-11-12-13-14-15-16-20-23-26(2,3)24-25-21-18-17-19-22-25;3-1-2-4;1-5(2,3)4/h17-19,21-22H,4-16,20,23-24H2,1-3H3;4H,1-3H2;(H3,1,2,3,4)/q+1;;/p-1. The first-order chi connectivity index (χ1) is 16.6. The van der Waals surface area contributed by atoms with Crippen LogP contribution in [0.1, 0.15) is 102 Å². The Morgan fingerprint density at radius 2 is 1.14 bits per heavy atom. The van der Waals surface area contributed by atoms with Crippen molar-refractivity contribution in [3.63, 3.8) is 0 Å². The van der Waals surface area contributed by atoms with Crippen LogP contribution in [0.4, 0.5) is 0 Å². The normalized spacial score (nSPS) is 11.3. The summed E-state index contributed by atoms with van der Waals surface area (Å²) >= 11 is 0. The fraction of sp³-hybridized carbons (Fsp3) is 0.778. The smallest absolute Gasteiger partial charge is 0.262 e. The minimum Gasteiger partial charge on any atom is -0.756 e. The van der Waals surface area contributed by atoms with E-state index in [0.717, 1.165) is 11.0 Å². The molecule has 1 rings (SSSR count). The van der Waals surface area contributed by atoms with Gasteiger partial charge in [0.2, 0.25) is 0 Å². The van der Waals surface area contributed by atoms with Gasteiger partial charge in [0.15, 0.2) is 0 Å². The van der Waals surface area contributed by atoms with Gasteiger partial charge in [-0.25, -0.2) is 0 Å². The van der Waals surface area contributed by atoms with Crippen molar-refractivity contribution in [3.8, 4) is 0 Å². The van der Waals surface area contributed by atoms with Gasteiger partial charge in [0.25, 0.3) is 7.82 Å². The van der Waals surface area contributed by atoms with E-state index in [1.165, 1.54) is 102 Å². The first-order valence-electron chi connectivity index (χ1n) is 13.5. The van der Waals surface area contributed by atoms with Crippen LogP contribution in [0.15, 0.2) is 30.3 Å². The second-order valence-corrected chi connectivity index (χ2v) is 10.9. The van der Waals surface area contributed by atoms with E-state index in [4.69, 9.17) is 30.1 Å². The molecular weight excluding hydrogens is 463 g/mol. The molecule has 0 aliphatic carbocycles. The van der Waals surface area contributed by atoms with Crippen LogP contribution in [0.2, 0.25) is 0 Å². The predicted molar refractivity (Wildman–Crippen MR) is 146 cm³/mol. The van der Waals surface area contributed by atoms with Gasteiger partial charge in [-0.2, -0.15) is 0 Å². The van der Waals surface area contributed by atoms with Crippen LogP contribution in [0.5, 0.6) is 0 Å². The van der Waals surface area contributed by atoms with E-state index >= 15 is 0 Å². The van der Waals surface area contributed by atoms with Gasteiger partial charge in [-0.05, 0) is 12.8 Å². The topological polar surface area (TPSA) is 127 Å². The Kier molecular flexibility index (Phi) is 25.9. The summed E-state index contributed by atoms with van der Waals surface area (Å²) in [5.74, 6) is 0. The molecule has 0 aliphatic rings. The van der Waals surface area contributed by atoms with Crippen molar-refractivity contribution < 1.29 is 28.8 Å². The number of phosphoric acid groups is 1. The van der Waals surface area contributed by atoms with Crippen molar-refractivity contribution in [1.29, 1.82) is 0 Å². The zero-order valence-corrected chi connectivity index (χ0v) is 23.6. The number of hydrogen-bond donors (Lipinski definition) is 4. The van der Waals surface area contributed by atoms with Gasteiger partial charge in [-0.1, -0.05) is 114 Å². The molecule has 0 heterocycles. The van der Waals surface area contributed by atoms with E-state index in [-0.39, 0.29) is 6.61 Å². The molecule has 0 aliphatic heterocycles. The molecule has 0 aromatic heterocycles. The molecule has 0 atom stereocenters. The Morgan fingerprint density at radius 3 is 1.49 bits per heavy atom. The fourth-order valence-corrected chi connectivity index (χ4v) is 3.89. The summed E-state index contributed by atoms with van der Waals surface area (Å²) in [7, 11) is -0.148. The average molecular weight is 519 g/mol. The van der Waals surface area contributed by atoms with Gasteiger partial charge in [-0.15, -0.1) is 0 Å². The van der Waals surface area contributed by atoms with Crippen molar-refractivity contribution >= 4 is 7.82 Å². The molecule has 0 saturated heterocycles. The molecule has 0 amide bonds. The maximum atomic E-state index is 8.77. The Morgan fingerprint density at radius 1 is 0.800 bits per heavy atom. The molecule has 8 heteroatoms. The van der Waals surface area contributed by atoms with Crippen molar-refractivity contribution in [3.05, 3.63) is 35.9 Å². The largest absolute Gasteiger partial charge is 0.756 e. The Labute approximate surface area is 215 Å². The third kappa shape index (κ3) is 35.4. The summed E-state index contributed by atoms with van der Waals surface area (Å²) in [5, 5.41) is 7.75. The molecule has 208 valence electrons. The van der Waals surface area contributed by atoms with Crippen molar-refractivity contribution in [1.82, 2.24) is 0 Å². The van der Waals surface area contributed by atoms with Gasteiger partial charge in [0.1, 0.15) is 6.54 Å². The molecular formula is C27H55N2O5P. The Balaban J connectivity index is 0. The average Bonchev–Trinajstić information content (AvgIpc) is 2.78. The van der Waals surface area contributed by atoms with Crippen LogP contribution in [-0.2, 0) is 11.1 Å². The highest BCUT2D eigenvalue weighted by molar-refractivity contribution is 7.43. The predicted octanol–water partition coefficient (Wildman–Crippen LogP) is 5.12. The monoisotopic (exact) mass is 518 g/mol. The number of unbranched alkanes of at least 4 members (excludes halogenated alkanes) is 13. The molecule has 0 saturated carbocycles. The highest BCUT2D eigenvalue weighted by atomic mass is 31.2. The van der Waals surface area contributed by atoms with Crippen molar-refractivity contribution in [2.24, 2.45) is 5.73 Å². The van der Waals surface area contributed by atoms with Crippen LogP contribution < -0.4 is 10.6 Å². The maximum Gasteiger partial charge on any atom is 0.262 e. The molecule has 0 radical (unpaired) electrons. The molecule has 1 aromatic carbocycles. The van der Waals surface area contributed by atoms with Crippen LogP contribution in [0.25, 0.3) is 0 Å². The number of aliphatic hydroxyl groups excluding tert-OH is 1. The fourth-order valence-electron chi connectivity index (χ4n) is 3.89. The zero-order chi connectivity index (χ0) is 26.8. The van der Waals surface area contributed by atoms with Gasteiger partial charge in [0.05, 0.1) is 27.2 Å².